The number of esters is 1. The third-order valence-corrected chi connectivity index (χ3v) is 6.58. The summed E-state index contributed by atoms with van der Waals surface area (Å²) < 4.78 is 12.1. The van der Waals surface area contributed by atoms with Gasteiger partial charge in [0.25, 0.3) is 5.91 Å². The fraction of sp³-hybridized carbons (Fsp3) is 0.423. The molecule has 3 aromatic rings. The van der Waals surface area contributed by atoms with Gasteiger partial charge in [0.05, 0.1) is 24.8 Å². The maximum atomic E-state index is 13.3. The van der Waals surface area contributed by atoms with Gasteiger partial charge in [-0.05, 0) is 57.2 Å². The zero-order valence-corrected chi connectivity index (χ0v) is 19.9. The largest absolute Gasteiger partial charge is 0.469 e. The molecule has 1 aromatic carbocycles. The molecule has 180 valence electrons. The van der Waals surface area contributed by atoms with Crippen molar-refractivity contribution in [2.45, 2.75) is 52.1 Å². The number of ether oxygens (including phenoxy) is 1. The summed E-state index contributed by atoms with van der Waals surface area (Å²) in [5, 5.41) is 3.08. The van der Waals surface area contributed by atoms with Gasteiger partial charge in [0, 0.05) is 30.4 Å². The average Bonchev–Trinajstić information content (AvgIpc) is 3.42. The summed E-state index contributed by atoms with van der Waals surface area (Å²) in [6.07, 6.45) is 4.33. The molecule has 0 bridgehead atoms. The second kappa shape index (κ2) is 10.2. The minimum absolute atomic E-state index is 0.0165. The first-order valence-electron chi connectivity index (χ1n) is 11.7. The van der Waals surface area contributed by atoms with Crippen molar-refractivity contribution in [2.75, 3.05) is 18.6 Å². The molecule has 1 N–H and O–H groups in total. The van der Waals surface area contributed by atoms with E-state index in [1.807, 2.05) is 38.1 Å². The first-order valence-corrected chi connectivity index (χ1v) is 11.7. The van der Waals surface area contributed by atoms with Crippen LogP contribution in [0.25, 0.3) is 11.1 Å². The molecule has 1 aliphatic carbocycles. The summed E-state index contributed by atoms with van der Waals surface area (Å²) in [7, 11) is 1.40. The van der Waals surface area contributed by atoms with E-state index in [-0.39, 0.29) is 36.3 Å². The van der Waals surface area contributed by atoms with Gasteiger partial charge >= 0.3 is 5.97 Å². The van der Waals surface area contributed by atoms with Gasteiger partial charge < -0.3 is 23.9 Å². The van der Waals surface area contributed by atoms with Crippen molar-refractivity contribution in [2.24, 2.45) is 5.92 Å². The number of aryl methyl sites for hydroxylation is 1. The number of methoxy groups -OCH3 is 1. The van der Waals surface area contributed by atoms with E-state index in [1.165, 1.54) is 7.11 Å². The lowest BCUT2D eigenvalue weighted by molar-refractivity contribution is -0.146. The van der Waals surface area contributed by atoms with Crippen LogP contribution in [-0.2, 0) is 20.9 Å². The Labute approximate surface area is 198 Å². The van der Waals surface area contributed by atoms with Crippen LogP contribution < -0.4 is 10.2 Å². The summed E-state index contributed by atoms with van der Waals surface area (Å²) in [6.45, 7) is 4.46. The maximum Gasteiger partial charge on any atom is 0.308 e. The van der Waals surface area contributed by atoms with Crippen LogP contribution in [0.2, 0.25) is 0 Å². The van der Waals surface area contributed by atoms with E-state index in [2.05, 4.69) is 5.32 Å². The van der Waals surface area contributed by atoms with Crippen molar-refractivity contribution in [1.29, 1.82) is 0 Å². The Bertz CT molecular complexity index is 1190. The van der Waals surface area contributed by atoms with Crippen LogP contribution in [0.4, 0.5) is 5.69 Å². The van der Waals surface area contributed by atoms with Gasteiger partial charge in [-0.25, -0.2) is 0 Å². The Hall–Kier alpha value is -3.55. The van der Waals surface area contributed by atoms with Crippen molar-refractivity contribution in [1.82, 2.24) is 9.88 Å². The van der Waals surface area contributed by atoms with Gasteiger partial charge in [-0.2, -0.15) is 0 Å². The van der Waals surface area contributed by atoms with Gasteiger partial charge in [0.1, 0.15) is 12.2 Å². The molecule has 0 aliphatic heterocycles. The van der Waals surface area contributed by atoms with E-state index < -0.39 is 0 Å². The number of likely N-dealkylation sites (N-methyl/N-ethyl adjacent to an activating group) is 1. The Balaban J connectivity index is 1.51. The molecule has 0 atom stereocenters. The number of anilines is 1. The highest BCUT2D eigenvalue weighted by Gasteiger charge is 2.29. The number of amides is 2. The molecule has 1 saturated carbocycles. The molecule has 4 rings (SSSR count). The first-order chi connectivity index (χ1) is 16.4. The smallest absolute Gasteiger partial charge is 0.308 e. The van der Waals surface area contributed by atoms with Gasteiger partial charge in [-0.3, -0.25) is 14.4 Å². The van der Waals surface area contributed by atoms with Gasteiger partial charge in [0.2, 0.25) is 5.91 Å². The van der Waals surface area contributed by atoms with Crippen molar-refractivity contribution in [3.05, 3.63) is 53.9 Å². The molecule has 8 nitrogen and oxygen atoms in total. The number of furan rings is 1. The standard InChI is InChI=1S/C26H31N3O5/c1-4-28(20-7-5-6-17(2)14-20)24(30)16-29-21-12-13-34-23(21)15-22(29)25(31)27-19-10-8-18(9-11-19)26(32)33-3/h5-7,12-15,18-19H,4,8-11,16H2,1-3H3,(H,27,31)/t18-,19-. The van der Waals surface area contributed by atoms with Crippen LogP contribution in [0, 0.1) is 12.8 Å². The van der Waals surface area contributed by atoms with Crippen LogP contribution >= 0.6 is 0 Å². The summed E-state index contributed by atoms with van der Waals surface area (Å²) in [4.78, 5) is 40.0. The van der Waals surface area contributed by atoms with Crippen LogP contribution in [0.3, 0.4) is 0 Å². The Morgan fingerprint density at radius 1 is 1.15 bits per heavy atom. The zero-order valence-electron chi connectivity index (χ0n) is 19.9. The van der Waals surface area contributed by atoms with Crippen LogP contribution in [0.15, 0.2) is 47.1 Å². The third-order valence-electron chi connectivity index (χ3n) is 6.58. The fourth-order valence-electron chi connectivity index (χ4n) is 4.75. The van der Waals surface area contributed by atoms with E-state index in [9.17, 15) is 14.4 Å². The van der Waals surface area contributed by atoms with Crippen molar-refractivity contribution in [3.8, 4) is 0 Å². The maximum absolute atomic E-state index is 13.3. The Morgan fingerprint density at radius 2 is 1.91 bits per heavy atom. The number of hydrogen-bond acceptors (Lipinski definition) is 5. The summed E-state index contributed by atoms with van der Waals surface area (Å²) >= 11 is 0. The molecule has 8 heteroatoms. The number of aromatic nitrogens is 1. The normalized spacial score (nSPS) is 18.0. The van der Waals surface area contributed by atoms with Crippen molar-refractivity contribution < 1.29 is 23.5 Å². The minimum atomic E-state index is -0.251. The number of nitrogens with zero attached hydrogens (tertiary/aromatic N) is 2. The molecule has 2 heterocycles. The fourth-order valence-corrected chi connectivity index (χ4v) is 4.75. The van der Waals surface area contributed by atoms with Crippen LogP contribution in [0.1, 0.15) is 48.7 Å². The van der Waals surface area contributed by atoms with Crippen molar-refractivity contribution >= 4 is 34.6 Å². The molecular formula is C26H31N3O5. The lowest BCUT2D eigenvalue weighted by Crippen LogP contribution is -2.40. The SMILES string of the molecule is CCN(C(=O)Cn1c(C(=O)N[C@H]2CC[C@H](C(=O)OC)CC2)cc2occc21)c1cccc(C)c1. The number of carbonyl (C=O) groups is 3. The molecule has 2 amide bonds. The quantitative estimate of drug-likeness (QED) is 0.531. The molecule has 1 aliphatic rings. The molecule has 0 radical (unpaired) electrons. The monoisotopic (exact) mass is 465 g/mol. The molecule has 2 aromatic heterocycles. The zero-order chi connectivity index (χ0) is 24.2. The minimum Gasteiger partial charge on any atom is -0.469 e. The van der Waals surface area contributed by atoms with E-state index in [4.69, 9.17) is 9.15 Å². The topological polar surface area (TPSA) is 93.8 Å². The number of hydrogen-bond donors (Lipinski definition) is 1. The predicted molar refractivity (Wildman–Crippen MR) is 129 cm³/mol. The predicted octanol–water partition coefficient (Wildman–Crippen LogP) is 4.06. The van der Waals surface area contributed by atoms with Crippen LogP contribution in [-0.4, -0.2) is 42.0 Å². The molecule has 0 spiro atoms. The van der Waals surface area contributed by atoms with E-state index in [0.717, 1.165) is 11.3 Å². The summed E-state index contributed by atoms with van der Waals surface area (Å²) in [5.41, 5.74) is 3.55. The second-order valence-electron chi connectivity index (χ2n) is 8.81. The number of rotatable bonds is 7. The lowest BCUT2D eigenvalue weighted by Gasteiger charge is -2.27. The average molecular weight is 466 g/mol. The number of carbonyl (C=O) groups excluding carboxylic acids is 3. The summed E-state index contributed by atoms with van der Waals surface area (Å²) in [5.74, 6) is -0.658. The van der Waals surface area contributed by atoms with E-state index >= 15 is 0 Å². The van der Waals surface area contributed by atoms with E-state index in [0.29, 0.717) is 49.0 Å². The van der Waals surface area contributed by atoms with E-state index in [1.54, 1.807) is 27.9 Å². The number of benzene rings is 1. The van der Waals surface area contributed by atoms with Crippen molar-refractivity contribution in [3.63, 3.8) is 0 Å². The highest BCUT2D eigenvalue weighted by Crippen LogP contribution is 2.27. The number of nitrogens with one attached hydrogen (secondary N) is 1. The van der Waals surface area contributed by atoms with Gasteiger partial charge in [0.15, 0.2) is 5.58 Å². The summed E-state index contributed by atoms with van der Waals surface area (Å²) in [6, 6.07) is 11.2. The van der Waals surface area contributed by atoms with Gasteiger partial charge in [-0.1, -0.05) is 12.1 Å². The first kappa shape index (κ1) is 23.6. The highest BCUT2D eigenvalue weighted by atomic mass is 16.5. The molecule has 0 saturated heterocycles. The Morgan fingerprint density at radius 3 is 2.59 bits per heavy atom. The Kier molecular flexibility index (Phi) is 7.05. The molecule has 0 unspecified atom stereocenters. The van der Waals surface area contributed by atoms with Crippen LogP contribution in [0.5, 0.6) is 0 Å². The highest BCUT2D eigenvalue weighted by molar-refractivity contribution is 6.00. The third kappa shape index (κ3) is 4.85. The van der Waals surface area contributed by atoms with Gasteiger partial charge in [-0.15, -0.1) is 0 Å². The number of fused-ring (bicyclic) bond motifs is 1. The molecule has 34 heavy (non-hydrogen) atoms. The lowest BCUT2D eigenvalue weighted by atomic mass is 9.86. The molecular weight excluding hydrogens is 434 g/mol. The second-order valence-corrected chi connectivity index (χ2v) is 8.81. The molecule has 1 fully saturated rings.